The van der Waals surface area contributed by atoms with Gasteiger partial charge in [0.05, 0.1) is 0 Å². The third kappa shape index (κ3) is 2.80. The quantitative estimate of drug-likeness (QED) is 0.729. The van der Waals surface area contributed by atoms with Crippen molar-refractivity contribution in [3.63, 3.8) is 0 Å². The van der Waals surface area contributed by atoms with Gasteiger partial charge in [-0.05, 0) is 31.6 Å². The zero-order valence-corrected chi connectivity index (χ0v) is 8.62. The van der Waals surface area contributed by atoms with E-state index in [1.165, 1.54) is 26.2 Å². The van der Waals surface area contributed by atoms with Gasteiger partial charge in [-0.2, -0.15) is 0 Å². The Morgan fingerprint density at radius 2 is 2.23 bits per heavy atom. The van der Waals surface area contributed by atoms with Crippen molar-refractivity contribution < 1.29 is 9.90 Å². The van der Waals surface area contributed by atoms with Gasteiger partial charge in [0.15, 0.2) is 5.78 Å². The van der Waals surface area contributed by atoms with Gasteiger partial charge in [-0.3, -0.25) is 4.79 Å². The lowest BCUT2D eigenvalue weighted by Gasteiger charge is -2.30. The predicted molar refractivity (Wildman–Crippen MR) is 52.4 cm³/mol. The molecule has 0 aliphatic heterocycles. The molecule has 1 aliphatic rings. The van der Waals surface area contributed by atoms with Crippen LogP contribution in [0.3, 0.4) is 0 Å². The fourth-order valence-electron chi connectivity index (χ4n) is 2.32. The van der Waals surface area contributed by atoms with Crippen molar-refractivity contribution in [2.45, 2.75) is 52.1 Å². The fourth-order valence-corrected chi connectivity index (χ4v) is 2.32. The zero-order valence-electron chi connectivity index (χ0n) is 8.62. The van der Waals surface area contributed by atoms with Crippen LogP contribution in [0, 0.1) is 11.8 Å². The molecule has 1 aliphatic carbocycles. The molecule has 76 valence electrons. The molecule has 1 rings (SSSR count). The average molecular weight is 184 g/mol. The van der Waals surface area contributed by atoms with E-state index in [0.717, 1.165) is 18.8 Å². The molecule has 0 amide bonds. The third-order valence-electron chi connectivity index (χ3n) is 3.26. The highest BCUT2D eigenvalue weighted by Gasteiger charge is 2.28. The van der Waals surface area contributed by atoms with Crippen LogP contribution >= 0.6 is 0 Å². The Morgan fingerprint density at radius 3 is 2.77 bits per heavy atom. The third-order valence-corrected chi connectivity index (χ3v) is 3.26. The molecular formula is C11H20O2. The molecule has 0 heterocycles. The molecule has 0 aromatic heterocycles. The standard InChI is InChI=1S/C11H20O2/c1-3-9-5-4-6-10(7-9)11(13)8(2)12/h9-11,13H,3-7H2,1-2H3. The first kappa shape index (κ1) is 10.7. The number of hydrogen-bond acceptors (Lipinski definition) is 2. The van der Waals surface area contributed by atoms with Crippen LogP contribution in [0.15, 0.2) is 0 Å². The average Bonchev–Trinajstić information content (AvgIpc) is 2.16. The molecular weight excluding hydrogens is 164 g/mol. The molecule has 0 spiro atoms. The fraction of sp³-hybridized carbons (Fsp3) is 0.909. The first-order valence-electron chi connectivity index (χ1n) is 5.33. The Morgan fingerprint density at radius 1 is 1.54 bits per heavy atom. The number of carbonyl (C=O) groups excluding carboxylic acids is 1. The van der Waals surface area contributed by atoms with Gasteiger partial charge >= 0.3 is 0 Å². The van der Waals surface area contributed by atoms with Crippen LogP contribution in [0.4, 0.5) is 0 Å². The van der Waals surface area contributed by atoms with E-state index in [9.17, 15) is 9.90 Å². The summed E-state index contributed by atoms with van der Waals surface area (Å²) < 4.78 is 0. The molecule has 0 aromatic carbocycles. The van der Waals surface area contributed by atoms with Crippen LogP contribution in [0.2, 0.25) is 0 Å². The predicted octanol–water partition coefficient (Wildman–Crippen LogP) is 2.15. The lowest BCUT2D eigenvalue weighted by atomic mass is 9.77. The Bertz CT molecular complexity index is 177. The van der Waals surface area contributed by atoms with Gasteiger partial charge in [0.2, 0.25) is 0 Å². The number of rotatable bonds is 3. The maximum absolute atomic E-state index is 11.0. The number of Topliss-reactive ketones (excluding diaryl/α,β-unsaturated/α-hetero) is 1. The topological polar surface area (TPSA) is 37.3 Å². The number of hydrogen-bond donors (Lipinski definition) is 1. The van der Waals surface area contributed by atoms with Crippen LogP contribution in [0.5, 0.6) is 0 Å². The van der Waals surface area contributed by atoms with Gasteiger partial charge in [0.1, 0.15) is 6.10 Å². The minimum atomic E-state index is -0.700. The van der Waals surface area contributed by atoms with E-state index in [1.54, 1.807) is 0 Å². The second-order valence-corrected chi connectivity index (χ2v) is 4.26. The van der Waals surface area contributed by atoms with Gasteiger partial charge in [0, 0.05) is 0 Å². The van der Waals surface area contributed by atoms with E-state index in [-0.39, 0.29) is 11.7 Å². The normalized spacial score (nSPS) is 31.3. The van der Waals surface area contributed by atoms with E-state index in [4.69, 9.17) is 0 Å². The van der Waals surface area contributed by atoms with Gasteiger partial charge in [-0.25, -0.2) is 0 Å². The van der Waals surface area contributed by atoms with Crippen LogP contribution in [-0.2, 0) is 4.79 Å². The second-order valence-electron chi connectivity index (χ2n) is 4.26. The van der Waals surface area contributed by atoms with Gasteiger partial charge in [-0.15, -0.1) is 0 Å². The Balaban J connectivity index is 2.46. The molecule has 3 atom stereocenters. The smallest absolute Gasteiger partial charge is 0.158 e. The molecule has 3 unspecified atom stereocenters. The highest BCUT2D eigenvalue weighted by molar-refractivity contribution is 5.80. The summed E-state index contributed by atoms with van der Waals surface area (Å²) in [7, 11) is 0. The molecule has 1 N–H and O–H groups in total. The minimum absolute atomic E-state index is 0.0678. The number of aliphatic hydroxyl groups is 1. The number of carbonyl (C=O) groups is 1. The highest BCUT2D eigenvalue weighted by Crippen LogP contribution is 2.32. The largest absolute Gasteiger partial charge is 0.385 e. The van der Waals surface area contributed by atoms with Crippen molar-refractivity contribution in [1.82, 2.24) is 0 Å². The van der Waals surface area contributed by atoms with Crippen molar-refractivity contribution in [1.29, 1.82) is 0 Å². The number of ketones is 1. The van der Waals surface area contributed by atoms with Gasteiger partial charge in [0.25, 0.3) is 0 Å². The molecule has 0 radical (unpaired) electrons. The monoisotopic (exact) mass is 184 g/mol. The molecule has 0 saturated heterocycles. The maximum Gasteiger partial charge on any atom is 0.158 e. The van der Waals surface area contributed by atoms with Crippen molar-refractivity contribution in [3.05, 3.63) is 0 Å². The summed E-state index contributed by atoms with van der Waals surface area (Å²) in [6.07, 6.45) is 5.00. The summed E-state index contributed by atoms with van der Waals surface area (Å²) in [5.41, 5.74) is 0. The van der Waals surface area contributed by atoms with E-state index in [1.807, 2.05) is 0 Å². The Kier molecular flexibility index (Phi) is 3.91. The summed E-state index contributed by atoms with van der Waals surface area (Å²) in [4.78, 5) is 11.0. The van der Waals surface area contributed by atoms with Crippen molar-refractivity contribution >= 4 is 5.78 Å². The van der Waals surface area contributed by atoms with Gasteiger partial charge < -0.3 is 5.11 Å². The molecule has 0 aromatic rings. The highest BCUT2D eigenvalue weighted by atomic mass is 16.3. The molecule has 2 nitrogen and oxygen atoms in total. The minimum Gasteiger partial charge on any atom is -0.385 e. The molecule has 2 heteroatoms. The number of aliphatic hydroxyl groups excluding tert-OH is 1. The van der Waals surface area contributed by atoms with Crippen LogP contribution in [-0.4, -0.2) is 17.0 Å². The first-order chi connectivity index (χ1) is 6.15. The second kappa shape index (κ2) is 4.75. The summed E-state index contributed by atoms with van der Waals surface area (Å²) in [6.45, 7) is 3.67. The molecule has 13 heavy (non-hydrogen) atoms. The van der Waals surface area contributed by atoms with E-state index in [2.05, 4.69) is 6.92 Å². The first-order valence-corrected chi connectivity index (χ1v) is 5.33. The van der Waals surface area contributed by atoms with Crippen LogP contribution in [0.25, 0.3) is 0 Å². The molecule has 1 saturated carbocycles. The zero-order chi connectivity index (χ0) is 9.84. The van der Waals surface area contributed by atoms with Crippen molar-refractivity contribution in [3.8, 4) is 0 Å². The molecule has 1 fully saturated rings. The lowest BCUT2D eigenvalue weighted by molar-refractivity contribution is -0.128. The van der Waals surface area contributed by atoms with Crippen molar-refractivity contribution in [2.24, 2.45) is 11.8 Å². The Hall–Kier alpha value is -0.370. The van der Waals surface area contributed by atoms with Crippen LogP contribution in [0.1, 0.15) is 46.0 Å². The van der Waals surface area contributed by atoms with E-state index >= 15 is 0 Å². The lowest BCUT2D eigenvalue weighted by Crippen LogP contribution is -2.31. The van der Waals surface area contributed by atoms with E-state index in [0.29, 0.717) is 0 Å². The summed E-state index contributed by atoms with van der Waals surface area (Å²) in [6, 6.07) is 0. The SMILES string of the molecule is CCC1CCCC(C(O)C(C)=O)C1. The van der Waals surface area contributed by atoms with E-state index < -0.39 is 6.10 Å². The molecule has 0 bridgehead atoms. The Labute approximate surface area is 80.3 Å². The maximum atomic E-state index is 11.0. The van der Waals surface area contributed by atoms with Crippen LogP contribution < -0.4 is 0 Å². The summed E-state index contributed by atoms with van der Waals surface area (Å²) in [5, 5.41) is 9.61. The van der Waals surface area contributed by atoms with Gasteiger partial charge in [-0.1, -0.05) is 26.2 Å². The summed E-state index contributed by atoms with van der Waals surface area (Å²) >= 11 is 0. The van der Waals surface area contributed by atoms with Crippen molar-refractivity contribution in [2.75, 3.05) is 0 Å². The summed E-state index contributed by atoms with van der Waals surface area (Å²) in [5.74, 6) is 0.894.